The third-order valence-electron chi connectivity index (χ3n) is 4.36. The molecule has 0 amide bonds. The Kier molecular flexibility index (Phi) is 4.95. The molecule has 0 unspecified atom stereocenters. The standard InChI is InChI=1S/C18H27BO4/c1-12(2)9-15(16-13(3)10-14(21-16)11-20-8)19-22-17(4,5)18(6,7)23-19/h9-10H,3,11H2,1-2,4-8H3/b16-15-. The van der Waals surface area contributed by atoms with E-state index in [1.165, 1.54) is 0 Å². The zero-order valence-corrected chi connectivity index (χ0v) is 15.3. The molecule has 1 aromatic rings. The van der Waals surface area contributed by atoms with Gasteiger partial charge in [0.1, 0.15) is 17.8 Å². The van der Waals surface area contributed by atoms with Crippen LogP contribution in [-0.4, -0.2) is 25.4 Å². The van der Waals surface area contributed by atoms with Gasteiger partial charge in [-0.1, -0.05) is 18.2 Å². The van der Waals surface area contributed by atoms with Crippen LogP contribution in [0.1, 0.15) is 47.3 Å². The van der Waals surface area contributed by atoms with Crippen LogP contribution in [0.15, 0.2) is 22.1 Å². The Labute approximate surface area is 138 Å². The third kappa shape index (κ3) is 3.62. The quantitative estimate of drug-likeness (QED) is 0.800. The normalized spacial score (nSPS) is 20.6. The lowest BCUT2D eigenvalue weighted by Gasteiger charge is -2.32. The molecule has 0 bridgehead atoms. The Morgan fingerprint density at radius 3 is 2.26 bits per heavy atom. The first-order valence-corrected chi connectivity index (χ1v) is 7.89. The van der Waals surface area contributed by atoms with E-state index in [0.717, 1.165) is 22.0 Å². The average molecular weight is 318 g/mol. The van der Waals surface area contributed by atoms with Crippen LogP contribution in [-0.2, 0) is 20.7 Å². The maximum absolute atomic E-state index is 6.18. The molecule has 0 spiro atoms. The number of allylic oxidation sites excluding steroid dienone is 2. The summed E-state index contributed by atoms with van der Waals surface area (Å²) < 4.78 is 23.4. The van der Waals surface area contributed by atoms with Crippen molar-refractivity contribution in [3.05, 3.63) is 34.1 Å². The fraction of sp³-hybridized carbons (Fsp3) is 0.556. The van der Waals surface area contributed by atoms with Gasteiger partial charge in [-0.25, -0.2) is 0 Å². The van der Waals surface area contributed by atoms with Gasteiger partial charge in [0, 0.05) is 17.8 Å². The fourth-order valence-corrected chi connectivity index (χ4v) is 2.47. The van der Waals surface area contributed by atoms with Crippen LogP contribution in [0.4, 0.5) is 0 Å². The van der Waals surface area contributed by atoms with E-state index in [2.05, 4.69) is 6.58 Å². The molecular formula is C18H27BO4. The van der Waals surface area contributed by atoms with Gasteiger partial charge in [-0.05, 0) is 47.6 Å². The Bertz CT molecular complexity index is 692. The van der Waals surface area contributed by atoms with E-state index in [1.807, 2.05) is 53.7 Å². The second-order valence-corrected chi connectivity index (χ2v) is 7.27. The summed E-state index contributed by atoms with van der Waals surface area (Å²) >= 11 is 0. The monoisotopic (exact) mass is 318 g/mol. The van der Waals surface area contributed by atoms with Gasteiger partial charge < -0.3 is 18.5 Å². The van der Waals surface area contributed by atoms with Gasteiger partial charge in [-0.3, -0.25) is 0 Å². The van der Waals surface area contributed by atoms with Crippen molar-refractivity contribution >= 4 is 19.2 Å². The molecule has 126 valence electrons. The maximum atomic E-state index is 6.18. The summed E-state index contributed by atoms with van der Waals surface area (Å²) in [5.41, 5.74) is 1.88. The van der Waals surface area contributed by atoms with Crippen LogP contribution in [0.3, 0.4) is 0 Å². The first-order chi connectivity index (χ1) is 10.6. The van der Waals surface area contributed by atoms with Crippen molar-refractivity contribution in [1.29, 1.82) is 0 Å². The summed E-state index contributed by atoms with van der Waals surface area (Å²) in [4.78, 5) is 0. The topological polar surface area (TPSA) is 40.8 Å². The number of hydrogen-bond donors (Lipinski definition) is 0. The summed E-state index contributed by atoms with van der Waals surface area (Å²) in [6.07, 6.45) is 2.03. The van der Waals surface area contributed by atoms with Crippen molar-refractivity contribution in [2.24, 2.45) is 0 Å². The minimum absolute atomic E-state index is 0.401. The molecule has 1 aromatic heterocycles. The number of methoxy groups -OCH3 is 1. The highest BCUT2D eigenvalue weighted by Crippen LogP contribution is 2.38. The van der Waals surface area contributed by atoms with Crippen molar-refractivity contribution in [3.63, 3.8) is 0 Å². The van der Waals surface area contributed by atoms with Crippen molar-refractivity contribution in [1.82, 2.24) is 0 Å². The number of rotatable bonds is 4. The van der Waals surface area contributed by atoms with Crippen molar-refractivity contribution in [3.8, 4) is 0 Å². The Morgan fingerprint density at radius 2 is 1.78 bits per heavy atom. The van der Waals surface area contributed by atoms with Gasteiger partial charge in [0.25, 0.3) is 0 Å². The fourth-order valence-electron chi connectivity index (χ4n) is 2.47. The van der Waals surface area contributed by atoms with Gasteiger partial charge >= 0.3 is 7.12 Å². The first-order valence-electron chi connectivity index (χ1n) is 7.89. The smallest absolute Gasteiger partial charge is 0.459 e. The first kappa shape index (κ1) is 18.0. The average Bonchev–Trinajstić information content (AvgIpc) is 2.84. The molecule has 23 heavy (non-hydrogen) atoms. The van der Waals surface area contributed by atoms with Crippen LogP contribution in [0.25, 0.3) is 12.1 Å². The molecular weight excluding hydrogens is 291 g/mol. The van der Waals surface area contributed by atoms with E-state index in [-0.39, 0.29) is 0 Å². The highest BCUT2D eigenvalue weighted by molar-refractivity contribution is 6.68. The lowest BCUT2D eigenvalue weighted by molar-refractivity contribution is 0.00578. The molecule has 5 heteroatoms. The van der Waals surface area contributed by atoms with Crippen molar-refractivity contribution in [2.45, 2.75) is 59.4 Å². The van der Waals surface area contributed by atoms with Crippen molar-refractivity contribution < 1.29 is 18.5 Å². The zero-order valence-electron chi connectivity index (χ0n) is 15.3. The summed E-state index contributed by atoms with van der Waals surface area (Å²) in [6, 6.07) is 1.89. The lowest BCUT2D eigenvalue weighted by Crippen LogP contribution is -2.41. The Hall–Kier alpha value is -1.30. The SMILES string of the molecule is C=c1cc(COC)o/c1=C(/C=C(C)C)B1OC(C)(C)C(C)(C)O1. The Balaban J connectivity index is 2.58. The van der Waals surface area contributed by atoms with Gasteiger partial charge in [0.05, 0.1) is 11.2 Å². The van der Waals surface area contributed by atoms with Gasteiger partial charge in [0.15, 0.2) is 0 Å². The molecule has 1 aliphatic rings. The molecule has 0 radical (unpaired) electrons. The molecule has 0 saturated carbocycles. The number of ether oxygens (including phenoxy) is 1. The Morgan fingerprint density at radius 1 is 1.22 bits per heavy atom. The summed E-state index contributed by atoms with van der Waals surface area (Å²) in [7, 11) is 1.15. The highest BCUT2D eigenvalue weighted by Gasteiger charge is 2.52. The minimum atomic E-state index is -0.489. The molecule has 1 aliphatic heterocycles. The van der Waals surface area contributed by atoms with E-state index in [4.69, 9.17) is 18.5 Å². The molecule has 0 aromatic carbocycles. The van der Waals surface area contributed by atoms with E-state index in [0.29, 0.717) is 12.0 Å². The molecule has 1 fully saturated rings. The third-order valence-corrected chi connectivity index (χ3v) is 4.36. The van der Waals surface area contributed by atoms with Gasteiger partial charge in [-0.15, -0.1) is 0 Å². The van der Waals surface area contributed by atoms with Crippen molar-refractivity contribution in [2.75, 3.05) is 7.11 Å². The molecule has 0 atom stereocenters. The number of hydrogen-bond acceptors (Lipinski definition) is 4. The number of furan rings is 1. The predicted molar refractivity (Wildman–Crippen MR) is 93.1 cm³/mol. The van der Waals surface area contributed by atoms with Crippen LogP contribution >= 0.6 is 0 Å². The van der Waals surface area contributed by atoms with E-state index < -0.39 is 18.3 Å². The van der Waals surface area contributed by atoms with Crippen LogP contribution in [0.5, 0.6) is 0 Å². The largest absolute Gasteiger partial charge is 0.498 e. The predicted octanol–water partition coefficient (Wildman–Crippen LogP) is 2.58. The summed E-state index contributed by atoms with van der Waals surface area (Å²) in [6.45, 7) is 16.7. The highest BCUT2D eigenvalue weighted by atomic mass is 16.7. The van der Waals surface area contributed by atoms with Gasteiger partial charge in [0.2, 0.25) is 0 Å². The molecule has 2 heterocycles. The van der Waals surface area contributed by atoms with E-state index in [1.54, 1.807) is 7.11 Å². The second kappa shape index (κ2) is 6.31. The molecule has 1 saturated heterocycles. The molecule has 0 aliphatic carbocycles. The molecule has 4 nitrogen and oxygen atoms in total. The maximum Gasteiger partial charge on any atom is 0.498 e. The summed E-state index contributed by atoms with van der Waals surface area (Å²) in [5, 5.41) is 0.805. The molecule has 0 N–H and O–H groups in total. The second-order valence-electron chi connectivity index (χ2n) is 7.27. The zero-order chi connectivity index (χ0) is 17.4. The van der Waals surface area contributed by atoms with E-state index >= 15 is 0 Å². The minimum Gasteiger partial charge on any atom is -0.459 e. The van der Waals surface area contributed by atoms with E-state index in [9.17, 15) is 0 Å². The van der Waals surface area contributed by atoms with Crippen LogP contribution in [0, 0.1) is 0 Å². The van der Waals surface area contributed by atoms with Gasteiger partial charge in [-0.2, -0.15) is 0 Å². The molecule has 2 rings (SSSR count). The lowest BCUT2D eigenvalue weighted by atomic mass is 9.77. The van der Waals surface area contributed by atoms with Crippen LogP contribution < -0.4 is 10.6 Å². The summed E-state index contributed by atoms with van der Waals surface area (Å²) in [5.74, 6) is 0.740. The van der Waals surface area contributed by atoms with Crippen LogP contribution in [0.2, 0.25) is 0 Å².